The summed E-state index contributed by atoms with van der Waals surface area (Å²) in [6, 6.07) is 1.72. The molecule has 1 aromatic heterocycles. The Balaban J connectivity index is 2.61. The molecule has 0 saturated carbocycles. The summed E-state index contributed by atoms with van der Waals surface area (Å²) in [5.41, 5.74) is 6.47. The van der Waals surface area contributed by atoms with E-state index in [1.165, 1.54) is 0 Å². The Morgan fingerprint density at radius 2 is 2.00 bits per heavy atom. The van der Waals surface area contributed by atoms with Gasteiger partial charge in [-0.3, -0.25) is 9.69 Å². The molecule has 6 nitrogen and oxygen atoms in total. The lowest BCUT2D eigenvalue weighted by molar-refractivity contribution is -0.129. The number of anilines is 1. The maximum Gasteiger partial charge on any atom is 0.236 e. The minimum Gasteiger partial charge on any atom is -0.384 e. The van der Waals surface area contributed by atoms with Crippen molar-refractivity contribution in [1.82, 2.24) is 19.8 Å². The fraction of sp³-hybridized carbons (Fsp3) is 0.545. The fourth-order valence-corrected chi connectivity index (χ4v) is 1.40. The van der Waals surface area contributed by atoms with Gasteiger partial charge >= 0.3 is 0 Å². The molecular weight excluding hydrogens is 218 g/mol. The molecule has 17 heavy (non-hydrogen) atoms. The number of rotatable bonds is 4. The van der Waals surface area contributed by atoms with Crippen LogP contribution < -0.4 is 5.73 Å². The zero-order valence-corrected chi connectivity index (χ0v) is 10.8. The van der Waals surface area contributed by atoms with Crippen molar-refractivity contribution in [3.63, 3.8) is 0 Å². The quantitative estimate of drug-likeness (QED) is 0.790. The minimum absolute atomic E-state index is 0.0492. The lowest BCUT2D eigenvalue weighted by Crippen LogP contribution is -2.34. The first-order valence-electron chi connectivity index (χ1n) is 5.37. The molecule has 1 heterocycles. The van der Waals surface area contributed by atoms with Crippen molar-refractivity contribution in [2.75, 3.05) is 33.4 Å². The highest BCUT2D eigenvalue weighted by Gasteiger charge is 2.10. The third-order valence-corrected chi connectivity index (χ3v) is 2.24. The van der Waals surface area contributed by atoms with E-state index in [2.05, 4.69) is 9.97 Å². The molecule has 0 aromatic carbocycles. The maximum atomic E-state index is 11.5. The highest BCUT2D eigenvalue weighted by Crippen LogP contribution is 2.04. The van der Waals surface area contributed by atoms with Gasteiger partial charge in [-0.25, -0.2) is 9.97 Å². The molecule has 0 atom stereocenters. The van der Waals surface area contributed by atoms with Crippen LogP contribution in [0.5, 0.6) is 0 Å². The van der Waals surface area contributed by atoms with Gasteiger partial charge in [0.2, 0.25) is 5.91 Å². The average Bonchev–Trinajstić information content (AvgIpc) is 2.14. The number of nitrogens with two attached hydrogens (primary N) is 1. The van der Waals surface area contributed by atoms with E-state index in [0.717, 1.165) is 5.69 Å². The fourth-order valence-electron chi connectivity index (χ4n) is 1.40. The van der Waals surface area contributed by atoms with Gasteiger partial charge in [0, 0.05) is 25.9 Å². The highest BCUT2D eigenvalue weighted by atomic mass is 16.2. The number of aryl methyl sites for hydroxylation is 1. The average molecular weight is 237 g/mol. The topological polar surface area (TPSA) is 75.3 Å². The summed E-state index contributed by atoms with van der Waals surface area (Å²) < 4.78 is 0. The SMILES string of the molecule is Cc1cc(N)nc(CN(C)CC(=O)N(C)C)n1. The Morgan fingerprint density at radius 1 is 1.35 bits per heavy atom. The predicted octanol–water partition coefficient (Wildman–Crippen LogP) is -0.113. The number of likely N-dealkylation sites (N-methyl/N-ethyl adjacent to an activating group) is 2. The molecule has 94 valence electrons. The van der Waals surface area contributed by atoms with Crippen LogP contribution in [0, 0.1) is 6.92 Å². The lowest BCUT2D eigenvalue weighted by atomic mass is 10.4. The van der Waals surface area contributed by atoms with Crippen LogP contribution in [-0.4, -0.2) is 53.4 Å². The van der Waals surface area contributed by atoms with Crippen LogP contribution in [0.15, 0.2) is 6.07 Å². The Hall–Kier alpha value is -1.69. The molecule has 0 fully saturated rings. The first-order chi connectivity index (χ1) is 7.88. The Bertz CT molecular complexity index is 385. The normalized spacial score (nSPS) is 10.6. The summed E-state index contributed by atoms with van der Waals surface area (Å²) in [4.78, 5) is 23.3. The van der Waals surface area contributed by atoms with Crippen LogP contribution in [0.4, 0.5) is 5.82 Å². The van der Waals surface area contributed by atoms with Crippen molar-refractivity contribution in [2.45, 2.75) is 13.5 Å². The minimum atomic E-state index is 0.0492. The van der Waals surface area contributed by atoms with E-state index in [-0.39, 0.29) is 5.91 Å². The van der Waals surface area contributed by atoms with Gasteiger partial charge in [0.25, 0.3) is 0 Å². The van der Waals surface area contributed by atoms with E-state index in [4.69, 9.17) is 5.73 Å². The number of carbonyl (C=O) groups excluding carboxylic acids is 1. The van der Waals surface area contributed by atoms with Crippen molar-refractivity contribution in [1.29, 1.82) is 0 Å². The molecule has 6 heteroatoms. The van der Waals surface area contributed by atoms with Crippen LogP contribution >= 0.6 is 0 Å². The molecular formula is C11H19N5O. The highest BCUT2D eigenvalue weighted by molar-refractivity contribution is 5.77. The van der Waals surface area contributed by atoms with Gasteiger partial charge in [-0.05, 0) is 14.0 Å². The second kappa shape index (κ2) is 5.58. The van der Waals surface area contributed by atoms with Gasteiger partial charge in [-0.2, -0.15) is 0 Å². The zero-order valence-electron chi connectivity index (χ0n) is 10.8. The van der Waals surface area contributed by atoms with Crippen LogP contribution in [0.2, 0.25) is 0 Å². The molecule has 1 rings (SSSR count). The second-order valence-corrected chi connectivity index (χ2v) is 4.31. The summed E-state index contributed by atoms with van der Waals surface area (Å²) in [7, 11) is 5.32. The van der Waals surface area contributed by atoms with Gasteiger partial charge in [0.1, 0.15) is 11.6 Å². The molecule has 0 aliphatic rings. The zero-order chi connectivity index (χ0) is 13.0. The summed E-state index contributed by atoms with van der Waals surface area (Å²) in [6.07, 6.45) is 0. The largest absolute Gasteiger partial charge is 0.384 e. The first kappa shape index (κ1) is 13.4. The van der Waals surface area contributed by atoms with E-state index in [9.17, 15) is 4.79 Å². The van der Waals surface area contributed by atoms with E-state index in [0.29, 0.717) is 24.7 Å². The Kier molecular flexibility index (Phi) is 4.39. The van der Waals surface area contributed by atoms with Crippen molar-refractivity contribution in [2.24, 2.45) is 0 Å². The monoisotopic (exact) mass is 237 g/mol. The van der Waals surface area contributed by atoms with Crippen LogP contribution in [-0.2, 0) is 11.3 Å². The van der Waals surface area contributed by atoms with Gasteiger partial charge in [0.05, 0.1) is 13.1 Å². The summed E-state index contributed by atoms with van der Waals surface area (Å²) in [5.74, 6) is 1.14. The van der Waals surface area contributed by atoms with E-state index in [1.54, 1.807) is 25.1 Å². The van der Waals surface area contributed by atoms with E-state index >= 15 is 0 Å². The molecule has 0 saturated heterocycles. The maximum absolute atomic E-state index is 11.5. The van der Waals surface area contributed by atoms with Gasteiger partial charge in [0.15, 0.2) is 0 Å². The van der Waals surface area contributed by atoms with Crippen LogP contribution in [0.25, 0.3) is 0 Å². The molecule has 0 bridgehead atoms. The van der Waals surface area contributed by atoms with Crippen molar-refractivity contribution < 1.29 is 4.79 Å². The van der Waals surface area contributed by atoms with Crippen molar-refractivity contribution >= 4 is 11.7 Å². The number of hydrogen-bond acceptors (Lipinski definition) is 5. The molecule has 2 N–H and O–H groups in total. The molecule has 0 spiro atoms. The van der Waals surface area contributed by atoms with Crippen molar-refractivity contribution in [3.05, 3.63) is 17.6 Å². The van der Waals surface area contributed by atoms with E-state index in [1.807, 2.05) is 18.9 Å². The van der Waals surface area contributed by atoms with E-state index < -0.39 is 0 Å². The number of amides is 1. The third-order valence-electron chi connectivity index (χ3n) is 2.24. The standard InChI is InChI=1S/C11H19N5O/c1-8-5-9(12)14-10(13-8)6-16(4)7-11(17)15(2)3/h5H,6-7H2,1-4H3,(H2,12,13,14). The molecule has 1 amide bonds. The smallest absolute Gasteiger partial charge is 0.236 e. The first-order valence-corrected chi connectivity index (χ1v) is 5.37. The summed E-state index contributed by atoms with van der Waals surface area (Å²) >= 11 is 0. The molecule has 0 radical (unpaired) electrons. The number of nitrogen functional groups attached to an aromatic ring is 1. The van der Waals surface area contributed by atoms with Crippen LogP contribution in [0.3, 0.4) is 0 Å². The summed E-state index contributed by atoms with van der Waals surface area (Å²) in [6.45, 7) is 2.71. The Morgan fingerprint density at radius 3 is 2.53 bits per heavy atom. The summed E-state index contributed by atoms with van der Waals surface area (Å²) in [5, 5.41) is 0. The third kappa shape index (κ3) is 4.36. The predicted molar refractivity (Wildman–Crippen MR) is 66.2 cm³/mol. The molecule has 1 aromatic rings. The molecule has 0 aliphatic carbocycles. The van der Waals surface area contributed by atoms with Gasteiger partial charge in [-0.15, -0.1) is 0 Å². The van der Waals surface area contributed by atoms with Gasteiger partial charge in [-0.1, -0.05) is 0 Å². The van der Waals surface area contributed by atoms with Crippen LogP contribution in [0.1, 0.15) is 11.5 Å². The second-order valence-electron chi connectivity index (χ2n) is 4.31. The molecule has 0 aliphatic heterocycles. The number of nitrogens with zero attached hydrogens (tertiary/aromatic N) is 4. The van der Waals surface area contributed by atoms with Gasteiger partial charge < -0.3 is 10.6 Å². The lowest BCUT2D eigenvalue weighted by Gasteiger charge is -2.18. The Labute approximate surface area is 101 Å². The number of carbonyl (C=O) groups is 1. The number of hydrogen-bond donors (Lipinski definition) is 1. The number of aromatic nitrogens is 2. The van der Waals surface area contributed by atoms with Crippen molar-refractivity contribution in [3.8, 4) is 0 Å². The molecule has 0 unspecified atom stereocenters.